The molecule has 1 aliphatic heterocycles. The zero-order valence-electron chi connectivity index (χ0n) is 69.2. The van der Waals surface area contributed by atoms with E-state index in [-0.39, 0.29) is 108 Å². The number of azo groups is 2. The Hall–Kier alpha value is -11.3. The molecular formula is C86H109N12O16S2+. The third-order valence-electron chi connectivity index (χ3n) is 20.0. The molecule has 0 atom stereocenters. The van der Waals surface area contributed by atoms with Crippen molar-refractivity contribution in [3.05, 3.63) is 188 Å². The maximum absolute atomic E-state index is 13.5. The summed E-state index contributed by atoms with van der Waals surface area (Å²) in [5.41, 5.74) is 4.38. The van der Waals surface area contributed by atoms with Crippen LogP contribution in [0.15, 0.2) is 184 Å². The van der Waals surface area contributed by atoms with Gasteiger partial charge in [0.1, 0.15) is 49.3 Å². The summed E-state index contributed by atoms with van der Waals surface area (Å²) in [6.07, 6.45) is 3.20. The van der Waals surface area contributed by atoms with Gasteiger partial charge in [0.2, 0.25) is 31.3 Å². The molecule has 28 nitrogen and oxygen atoms in total. The fourth-order valence-corrected chi connectivity index (χ4v) is 13.7. The number of esters is 4. The maximum atomic E-state index is 13.5. The molecule has 7 aromatic rings. The number of nitriles is 1. The Morgan fingerprint density at radius 3 is 1.59 bits per heavy atom. The molecule has 0 fully saturated rings. The standard InChI is InChI=1S/C36H45N2O5.C25H33N5O6S.C25H31N5O5S/c1-8-36(6,7)35(40)42-22-21-41-34(39)28-16-14-13-15-27(28)33-29-19-17-25(37(9-2)10-3)23-31(29)43-32-24-26(18-20-30(32)33)38(11-4)12-5;1-6-14-30-22(31)20(16-26)17(3)21(23(30)32)29-28-18-9-11-19(12-10-18)37(34,35)27-13-8-15-36-24(33)25(4,5)7-2;1-5-25(3,4)24(32)35-17-9-16-26-36(33,34)21-14-12-19(13-15-21)27-28-22-18(2)29-30(23(22)31)20-10-7-6-8-11-20/h13-20,23-24H,8-12,21-22H2,1-7H3;9-12,27,31H,6-8,13-15H2,1-5H3;6-8,10-15,26,29H,5,9,16-17H2,1-4H3/q+1;;. The van der Waals surface area contributed by atoms with E-state index in [1.54, 1.807) is 52.8 Å². The first-order valence-corrected chi connectivity index (χ1v) is 42.0. The van der Waals surface area contributed by atoms with Crippen molar-refractivity contribution in [1.29, 1.82) is 5.26 Å². The highest BCUT2D eigenvalue weighted by Crippen LogP contribution is 2.43. The quantitative estimate of drug-likeness (QED) is 0.00716. The molecule has 9 rings (SSSR count). The Morgan fingerprint density at radius 1 is 0.595 bits per heavy atom. The SMILES string of the molecule is CCC(C)(C)C(=O)OCCCNS(=O)(=O)c1ccc(N=Nc2c(C)[nH]n(-c3ccccc3)c2=O)cc1.CCCn1c(O)c(C#N)c(C)c(N=Nc2ccc(S(=O)(=O)NCCCOC(=O)C(C)(C)CC)cc2)c1=O.CCN(CC)c1ccc2c(-c3ccccc3C(=O)OCCOC(=O)C(C)(C)CC)c3ccc(=[N+](CC)CC)cc-3oc2c1. The van der Waals surface area contributed by atoms with Crippen molar-refractivity contribution in [2.75, 3.05) is 70.6 Å². The minimum atomic E-state index is -3.80. The molecule has 0 amide bonds. The molecule has 116 heavy (non-hydrogen) atoms. The number of sulfonamides is 2. The number of aromatic hydroxyl groups is 1. The van der Waals surface area contributed by atoms with E-state index in [1.807, 2.05) is 84.0 Å². The molecule has 4 N–H and O–H groups in total. The molecule has 0 radical (unpaired) electrons. The van der Waals surface area contributed by atoms with E-state index in [0.29, 0.717) is 61.2 Å². The Morgan fingerprint density at radius 2 is 1.09 bits per heavy atom. The van der Waals surface area contributed by atoms with E-state index >= 15 is 0 Å². The number of aromatic amines is 1. The minimum absolute atomic E-state index is 0.00782. The number of nitrogens with one attached hydrogen (secondary N) is 3. The van der Waals surface area contributed by atoms with Crippen molar-refractivity contribution in [3.63, 3.8) is 0 Å². The number of fused-ring (bicyclic) bond motifs is 2. The van der Waals surface area contributed by atoms with Crippen LogP contribution in [0.3, 0.4) is 0 Å². The summed E-state index contributed by atoms with van der Waals surface area (Å²) in [6.45, 7) is 34.4. The number of benzene rings is 6. The van der Waals surface area contributed by atoms with Crippen LogP contribution in [0.2, 0.25) is 0 Å². The fourth-order valence-electron chi connectivity index (χ4n) is 11.5. The predicted octanol–water partition coefficient (Wildman–Crippen LogP) is 15.7. The summed E-state index contributed by atoms with van der Waals surface area (Å²) in [7, 11) is -7.54. The maximum Gasteiger partial charge on any atom is 0.338 e. The van der Waals surface area contributed by atoms with Gasteiger partial charge >= 0.3 is 23.9 Å². The van der Waals surface area contributed by atoms with Gasteiger partial charge in [-0.1, -0.05) is 64.1 Å². The zero-order valence-corrected chi connectivity index (χ0v) is 70.8. The molecule has 620 valence electrons. The van der Waals surface area contributed by atoms with Gasteiger partial charge in [0.25, 0.3) is 11.1 Å². The van der Waals surface area contributed by atoms with Crippen LogP contribution < -0.4 is 35.4 Å². The Balaban J connectivity index is 0.000000242. The Labute approximate surface area is 678 Å². The van der Waals surface area contributed by atoms with E-state index in [1.165, 1.54) is 60.1 Å². The number of pyridine rings is 1. The smallest absolute Gasteiger partial charge is 0.338 e. The zero-order chi connectivity index (χ0) is 85.3. The summed E-state index contributed by atoms with van der Waals surface area (Å²) in [4.78, 5) is 77.5. The first-order valence-electron chi connectivity index (χ1n) is 39.0. The second-order valence-electron chi connectivity index (χ2n) is 29.2. The molecule has 2 aliphatic rings. The molecule has 0 saturated carbocycles. The van der Waals surface area contributed by atoms with Gasteiger partial charge in [-0.3, -0.25) is 33.6 Å². The number of aryl methyl sites for hydroxylation is 1. The van der Waals surface area contributed by atoms with E-state index < -0.39 is 53.7 Å². The lowest BCUT2D eigenvalue weighted by Gasteiger charge is -2.22. The van der Waals surface area contributed by atoms with Gasteiger partial charge in [-0.15, -0.1) is 10.2 Å². The number of carbonyl (C=O) groups is 4. The third kappa shape index (κ3) is 23.5. The van der Waals surface area contributed by atoms with Gasteiger partial charge in [0.05, 0.1) is 73.6 Å². The molecule has 3 heterocycles. The second kappa shape index (κ2) is 41.9. The van der Waals surface area contributed by atoms with Crippen molar-refractivity contribution in [1.82, 2.24) is 28.4 Å². The minimum Gasteiger partial charge on any atom is -0.493 e. The summed E-state index contributed by atoms with van der Waals surface area (Å²) >= 11 is 0. The van der Waals surface area contributed by atoms with Gasteiger partial charge in [-0.25, -0.2) is 40.3 Å². The van der Waals surface area contributed by atoms with Crippen molar-refractivity contribution >= 4 is 83.3 Å². The molecular weight excluding hydrogens is 1520 g/mol. The average Bonchev–Trinajstić information content (AvgIpc) is 1.32. The third-order valence-corrected chi connectivity index (χ3v) is 23.0. The lowest BCUT2D eigenvalue weighted by molar-refractivity contribution is -0.155. The monoisotopic (exact) mass is 1630 g/mol. The van der Waals surface area contributed by atoms with Gasteiger partial charge in [0.15, 0.2) is 11.4 Å². The summed E-state index contributed by atoms with van der Waals surface area (Å²) in [5.74, 6) is -1.05. The molecule has 0 spiro atoms. The van der Waals surface area contributed by atoms with Crippen molar-refractivity contribution in [2.45, 2.75) is 166 Å². The Bertz CT molecular complexity index is 5420. The number of aromatic nitrogens is 3. The molecule has 2 aromatic heterocycles. The number of para-hydroxylation sites is 1. The average molecular weight is 1630 g/mol. The van der Waals surface area contributed by atoms with Crippen molar-refractivity contribution in [2.24, 2.45) is 36.7 Å². The second-order valence-corrected chi connectivity index (χ2v) is 32.7. The van der Waals surface area contributed by atoms with Gasteiger partial charge in [-0.05, 0) is 212 Å². The number of anilines is 1. The highest BCUT2D eigenvalue weighted by molar-refractivity contribution is 7.89. The van der Waals surface area contributed by atoms with Crippen LogP contribution >= 0.6 is 0 Å². The number of ether oxygens (including phenoxy) is 4. The topological polar surface area (TPSA) is 370 Å². The first kappa shape index (κ1) is 91.9. The summed E-state index contributed by atoms with van der Waals surface area (Å²) in [6, 6.07) is 42.4. The number of carbonyl (C=O) groups excluding carboxylic acids is 4. The van der Waals surface area contributed by atoms with Crippen LogP contribution in [0.5, 0.6) is 5.88 Å². The summed E-state index contributed by atoms with van der Waals surface area (Å²) in [5, 5.41) is 40.8. The van der Waals surface area contributed by atoms with E-state index in [0.717, 1.165) is 75.2 Å². The number of H-pyrrole nitrogens is 1. The predicted molar refractivity (Wildman–Crippen MR) is 448 cm³/mol. The highest BCUT2D eigenvalue weighted by Gasteiger charge is 2.31. The molecule has 30 heteroatoms. The lowest BCUT2D eigenvalue weighted by Crippen LogP contribution is -2.29. The van der Waals surface area contributed by atoms with E-state index in [4.69, 9.17) is 23.4 Å². The van der Waals surface area contributed by atoms with Crippen LogP contribution in [-0.2, 0) is 59.9 Å². The largest absolute Gasteiger partial charge is 0.493 e. The van der Waals surface area contributed by atoms with Crippen LogP contribution in [0, 0.1) is 41.4 Å². The molecule has 1 aliphatic carbocycles. The fraction of sp³-hybridized carbons (Fsp3) is 0.419. The number of rotatable bonds is 35. The molecule has 0 unspecified atom stereocenters. The molecule has 5 aromatic carbocycles. The molecule has 0 saturated heterocycles. The van der Waals surface area contributed by atoms with Crippen molar-refractivity contribution < 1.29 is 64.5 Å². The van der Waals surface area contributed by atoms with Crippen LogP contribution in [0.25, 0.3) is 39.1 Å². The van der Waals surface area contributed by atoms with E-state index in [2.05, 4.69) is 109 Å². The lowest BCUT2D eigenvalue weighted by atomic mass is 9.90. The highest BCUT2D eigenvalue weighted by atomic mass is 32.2. The van der Waals surface area contributed by atoms with Gasteiger partial charge in [-0.2, -0.15) is 15.5 Å². The van der Waals surface area contributed by atoms with E-state index in [9.17, 15) is 56.0 Å². The summed E-state index contributed by atoms with van der Waals surface area (Å²) < 4.78 is 87.8. The van der Waals surface area contributed by atoms with Crippen molar-refractivity contribution in [3.8, 4) is 40.1 Å². The van der Waals surface area contributed by atoms with Crippen LogP contribution in [0.4, 0.5) is 28.4 Å². The number of hydrogen-bond donors (Lipinski definition) is 4. The van der Waals surface area contributed by atoms with Gasteiger partial charge in [0, 0.05) is 72.6 Å². The van der Waals surface area contributed by atoms with Crippen LogP contribution in [0.1, 0.15) is 163 Å². The number of hydrogen-bond acceptors (Lipinski definition) is 22. The Kier molecular flexibility index (Phi) is 33.2. The molecule has 0 bridgehead atoms. The van der Waals surface area contributed by atoms with Gasteiger partial charge < -0.3 is 33.4 Å². The number of nitrogens with zero attached hydrogens (tertiary/aromatic N) is 9. The van der Waals surface area contributed by atoms with Crippen LogP contribution in [-0.4, -0.2) is 126 Å². The normalized spacial score (nSPS) is 11.9. The first-order chi connectivity index (χ1) is 55.1.